The van der Waals surface area contributed by atoms with Crippen LogP contribution in [0.25, 0.3) is 0 Å². The van der Waals surface area contributed by atoms with Crippen molar-refractivity contribution in [2.24, 2.45) is 0 Å². The van der Waals surface area contributed by atoms with Crippen LogP contribution < -0.4 is 11.1 Å². The van der Waals surface area contributed by atoms with Gasteiger partial charge in [0.2, 0.25) is 0 Å². The molecule has 19 heavy (non-hydrogen) atoms. The van der Waals surface area contributed by atoms with Gasteiger partial charge in [0.05, 0.1) is 12.7 Å². The number of nitrogens with one attached hydrogen (secondary N) is 1. The zero-order valence-electron chi connectivity index (χ0n) is 11.0. The van der Waals surface area contributed by atoms with Gasteiger partial charge in [-0.25, -0.2) is 14.8 Å². The van der Waals surface area contributed by atoms with E-state index in [0.717, 1.165) is 0 Å². The summed E-state index contributed by atoms with van der Waals surface area (Å²) in [6.07, 6.45) is 0.880. The largest absolute Gasteiger partial charge is 0.444 e. The van der Waals surface area contributed by atoms with Gasteiger partial charge < -0.3 is 15.8 Å². The van der Waals surface area contributed by atoms with Crippen molar-refractivity contribution in [3.8, 4) is 11.8 Å². The Balaban J connectivity index is 2.47. The van der Waals surface area contributed by atoms with Gasteiger partial charge in [-0.05, 0) is 26.7 Å². The fourth-order valence-electron chi connectivity index (χ4n) is 1.00. The number of amides is 1. The average molecular weight is 283 g/mol. The molecule has 0 aliphatic heterocycles. The topological polar surface area (TPSA) is 90.1 Å². The van der Waals surface area contributed by atoms with Crippen LogP contribution in [-0.4, -0.2) is 28.2 Å². The second kappa shape index (κ2) is 6.25. The molecular weight excluding hydrogens is 268 g/mol. The summed E-state index contributed by atoms with van der Waals surface area (Å²) in [6.45, 7) is 5.48. The smallest absolute Gasteiger partial charge is 0.408 e. The van der Waals surface area contributed by atoms with Crippen LogP contribution in [0.5, 0.6) is 0 Å². The molecule has 1 amide bonds. The summed E-state index contributed by atoms with van der Waals surface area (Å²) in [5.41, 5.74) is 5.26. The van der Waals surface area contributed by atoms with Crippen LogP contribution in [0, 0.1) is 11.8 Å². The molecule has 6 nitrogen and oxygen atoms in total. The molecule has 0 fully saturated rings. The molecule has 1 aromatic rings. The van der Waals surface area contributed by atoms with E-state index in [1.54, 1.807) is 20.8 Å². The van der Waals surface area contributed by atoms with E-state index in [0.29, 0.717) is 5.69 Å². The summed E-state index contributed by atoms with van der Waals surface area (Å²) in [6, 6.07) is 0. The molecule has 0 atom stereocenters. The lowest BCUT2D eigenvalue weighted by molar-refractivity contribution is 0.0535. The molecule has 0 unspecified atom stereocenters. The molecule has 102 valence electrons. The van der Waals surface area contributed by atoms with E-state index in [4.69, 9.17) is 22.1 Å². The Morgan fingerprint density at radius 3 is 2.84 bits per heavy atom. The number of rotatable bonds is 1. The molecule has 0 spiro atoms. The molecular formula is C12H15ClN4O2. The van der Waals surface area contributed by atoms with Crippen molar-refractivity contribution in [3.05, 3.63) is 17.0 Å². The van der Waals surface area contributed by atoms with Crippen LogP contribution in [0.3, 0.4) is 0 Å². The summed E-state index contributed by atoms with van der Waals surface area (Å²) >= 11 is 5.69. The van der Waals surface area contributed by atoms with Gasteiger partial charge in [-0.3, -0.25) is 0 Å². The minimum absolute atomic E-state index is 0.104. The number of hydrogen-bond donors (Lipinski definition) is 2. The monoisotopic (exact) mass is 282 g/mol. The van der Waals surface area contributed by atoms with Crippen molar-refractivity contribution in [2.75, 3.05) is 12.3 Å². The maximum Gasteiger partial charge on any atom is 0.408 e. The van der Waals surface area contributed by atoms with Crippen molar-refractivity contribution in [1.29, 1.82) is 0 Å². The van der Waals surface area contributed by atoms with Gasteiger partial charge >= 0.3 is 6.09 Å². The summed E-state index contributed by atoms with van der Waals surface area (Å²) in [4.78, 5) is 19.0. The van der Waals surface area contributed by atoms with Gasteiger partial charge in [0.25, 0.3) is 0 Å². The van der Waals surface area contributed by atoms with Crippen LogP contribution in [0.2, 0.25) is 5.15 Å². The number of carbonyl (C=O) groups is 1. The number of alkyl carbamates (subject to hydrolysis) is 1. The molecule has 0 aliphatic carbocycles. The van der Waals surface area contributed by atoms with Gasteiger partial charge in [-0.1, -0.05) is 17.5 Å². The van der Waals surface area contributed by atoms with E-state index in [1.165, 1.54) is 6.20 Å². The zero-order chi connectivity index (χ0) is 14.5. The molecule has 0 aromatic carbocycles. The van der Waals surface area contributed by atoms with Gasteiger partial charge in [0.1, 0.15) is 11.3 Å². The molecule has 3 N–H and O–H groups in total. The molecule has 0 aliphatic rings. The van der Waals surface area contributed by atoms with Crippen LogP contribution in [-0.2, 0) is 4.74 Å². The summed E-state index contributed by atoms with van der Waals surface area (Å²) < 4.78 is 5.04. The molecule has 7 heteroatoms. The highest BCUT2D eigenvalue weighted by Crippen LogP contribution is 2.11. The number of nitrogens with two attached hydrogens (primary N) is 1. The fraction of sp³-hybridized carbons (Fsp3) is 0.417. The average Bonchev–Trinajstić information content (AvgIpc) is 2.27. The third-order valence-corrected chi connectivity index (χ3v) is 1.97. The maximum absolute atomic E-state index is 11.3. The van der Waals surface area contributed by atoms with E-state index in [1.807, 2.05) is 0 Å². The number of hydrogen-bond acceptors (Lipinski definition) is 5. The van der Waals surface area contributed by atoms with E-state index in [-0.39, 0.29) is 17.5 Å². The Labute approximate surface area is 116 Å². The standard InChI is InChI=1S/C12H15ClN4O2/c1-12(2,3)19-11(18)15-6-4-5-8-7-16-10(14)9(13)17-8/h7H,6H2,1-3H3,(H2,14,16)(H,15,18). The van der Waals surface area contributed by atoms with Gasteiger partial charge in [-0.2, -0.15) is 0 Å². The Hall–Kier alpha value is -2.00. The number of ether oxygens (including phenoxy) is 1. The lowest BCUT2D eigenvalue weighted by Crippen LogP contribution is -2.32. The van der Waals surface area contributed by atoms with Crippen LogP contribution in [0.4, 0.5) is 10.6 Å². The first kappa shape index (κ1) is 15.1. The summed E-state index contributed by atoms with van der Waals surface area (Å²) in [5, 5.41) is 2.60. The highest BCUT2D eigenvalue weighted by atomic mass is 35.5. The number of nitrogens with zero attached hydrogens (tertiary/aromatic N) is 2. The number of carbonyl (C=O) groups excluding carboxylic acids is 1. The molecule has 1 rings (SSSR count). The first-order chi connectivity index (χ1) is 8.78. The summed E-state index contributed by atoms with van der Waals surface area (Å²) in [7, 11) is 0. The number of aromatic nitrogens is 2. The van der Waals surface area contributed by atoms with Crippen LogP contribution in [0.1, 0.15) is 26.5 Å². The molecule has 1 heterocycles. The predicted molar refractivity (Wildman–Crippen MR) is 72.6 cm³/mol. The number of halogens is 1. The fourth-order valence-corrected chi connectivity index (χ4v) is 1.14. The van der Waals surface area contributed by atoms with Gasteiger partial charge in [0, 0.05) is 0 Å². The first-order valence-corrected chi connectivity index (χ1v) is 5.89. The minimum atomic E-state index is -0.534. The van der Waals surface area contributed by atoms with Crippen molar-refractivity contribution in [2.45, 2.75) is 26.4 Å². The Morgan fingerprint density at radius 2 is 2.26 bits per heavy atom. The molecule has 0 bridgehead atoms. The van der Waals surface area contributed by atoms with Crippen LogP contribution in [0.15, 0.2) is 6.20 Å². The van der Waals surface area contributed by atoms with Gasteiger partial charge in [0.15, 0.2) is 11.0 Å². The Kier molecular flexibility index (Phi) is 4.95. The lowest BCUT2D eigenvalue weighted by Gasteiger charge is -2.18. The van der Waals surface area contributed by atoms with E-state index >= 15 is 0 Å². The van der Waals surface area contributed by atoms with Crippen LogP contribution >= 0.6 is 11.6 Å². The van der Waals surface area contributed by atoms with Crippen molar-refractivity contribution in [1.82, 2.24) is 15.3 Å². The second-order valence-electron chi connectivity index (χ2n) is 4.59. The highest BCUT2D eigenvalue weighted by molar-refractivity contribution is 6.31. The number of nitrogen functional groups attached to an aromatic ring is 1. The van der Waals surface area contributed by atoms with Gasteiger partial charge in [-0.15, -0.1) is 0 Å². The number of anilines is 1. The third-order valence-electron chi connectivity index (χ3n) is 1.69. The van der Waals surface area contributed by atoms with Crippen molar-refractivity contribution < 1.29 is 9.53 Å². The zero-order valence-corrected chi connectivity index (χ0v) is 11.7. The SMILES string of the molecule is CC(C)(C)OC(=O)NCC#Cc1cnc(N)c(Cl)n1. The molecule has 0 saturated heterocycles. The van der Waals surface area contributed by atoms with E-state index in [2.05, 4.69) is 27.1 Å². The Morgan fingerprint density at radius 1 is 1.58 bits per heavy atom. The third kappa shape index (κ3) is 5.93. The maximum atomic E-state index is 11.3. The first-order valence-electron chi connectivity index (χ1n) is 5.51. The van der Waals surface area contributed by atoms with Crippen molar-refractivity contribution >= 4 is 23.5 Å². The minimum Gasteiger partial charge on any atom is -0.444 e. The lowest BCUT2D eigenvalue weighted by atomic mass is 10.2. The molecule has 0 radical (unpaired) electrons. The van der Waals surface area contributed by atoms with E-state index in [9.17, 15) is 4.79 Å². The highest BCUT2D eigenvalue weighted by Gasteiger charge is 2.14. The molecule has 1 aromatic heterocycles. The second-order valence-corrected chi connectivity index (χ2v) is 4.95. The van der Waals surface area contributed by atoms with Crippen molar-refractivity contribution in [3.63, 3.8) is 0 Å². The van der Waals surface area contributed by atoms with E-state index < -0.39 is 11.7 Å². The Bertz CT molecular complexity index is 529. The summed E-state index contributed by atoms with van der Waals surface area (Å²) in [5.74, 6) is 5.55. The molecule has 0 saturated carbocycles. The normalized spacial score (nSPS) is 10.3. The predicted octanol–water partition coefficient (Wildman–Crippen LogP) is 1.59. The quantitative estimate of drug-likeness (QED) is 0.764.